The van der Waals surface area contributed by atoms with Gasteiger partial charge in [-0.25, -0.2) is 4.68 Å². The van der Waals surface area contributed by atoms with Crippen molar-refractivity contribution in [1.82, 2.24) is 14.7 Å². The van der Waals surface area contributed by atoms with Crippen molar-refractivity contribution < 1.29 is 9.53 Å². The van der Waals surface area contributed by atoms with Crippen molar-refractivity contribution in [2.24, 2.45) is 5.92 Å². The summed E-state index contributed by atoms with van der Waals surface area (Å²) >= 11 is 0. The Morgan fingerprint density at radius 2 is 1.78 bits per heavy atom. The van der Waals surface area contributed by atoms with E-state index in [-0.39, 0.29) is 5.92 Å². The van der Waals surface area contributed by atoms with Gasteiger partial charge in [-0.2, -0.15) is 5.10 Å². The Balaban J connectivity index is 1.53. The summed E-state index contributed by atoms with van der Waals surface area (Å²) in [7, 11) is 0. The van der Waals surface area contributed by atoms with Gasteiger partial charge in [0.15, 0.2) is 0 Å². The first-order chi connectivity index (χ1) is 15.6. The van der Waals surface area contributed by atoms with Crippen LogP contribution in [0.2, 0.25) is 0 Å². The van der Waals surface area contributed by atoms with Crippen molar-refractivity contribution in [2.75, 3.05) is 0 Å². The molecule has 0 atom stereocenters. The van der Waals surface area contributed by atoms with Crippen LogP contribution >= 0.6 is 0 Å². The molecule has 5 rings (SSSR count). The van der Waals surface area contributed by atoms with E-state index in [4.69, 9.17) is 9.84 Å². The standard InChI is InChI=1S/C27H31N3O2/c1-19-9-8-14-24(17-19)32-27-25(20(2)28-30(27)23-12-4-3-5-13-23)18-29(22-15-16-22)26(31)21-10-6-7-11-21/h3-5,8-9,12-14,17,21-22H,6-7,10-11,15-16,18H2,1-2H3. The molecule has 0 saturated heterocycles. The lowest BCUT2D eigenvalue weighted by Crippen LogP contribution is -2.36. The quantitative estimate of drug-likeness (QED) is 0.465. The molecule has 0 N–H and O–H groups in total. The zero-order valence-electron chi connectivity index (χ0n) is 19.0. The maximum absolute atomic E-state index is 13.4. The normalized spacial score (nSPS) is 16.3. The molecule has 3 aromatic rings. The number of hydrogen-bond acceptors (Lipinski definition) is 3. The third kappa shape index (κ3) is 4.29. The predicted molar refractivity (Wildman–Crippen MR) is 125 cm³/mol. The second kappa shape index (κ2) is 8.81. The number of amides is 1. The minimum absolute atomic E-state index is 0.182. The Labute approximate surface area is 190 Å². The fourth-order valence-electron chi connectivity index (χ4n) is 4.71. The summed E-state index contributed by atoms with van der Waals surface area (Å²) in [4.78, 5) is 15.5. The number of carbonyl (C=O) groups excluding carboxylic acids is 1. The van der Waals surface area contributed by atoms with Gasteiger partial charge in [-0.05, 0) is 69.4 Å². The summed E-state index contributed by atoms with van der Waals surface area (Å²) in [5.41, 5.74) is 3.99. The topological polar surface area (TPSA) is 47.4 Å². The van der Waals surface area contributed by atoms with Crippen LogP contribution < -0.4 is 4.74 Å². The largest absolute Gasteiger partial charge is 0.439 e. The van der Waals surface area contributed by atoms with Crippen LogP contribution in [0.15, 0.2) is 54.6 Å². The zero-order valence-corrected chi connectivity index (χ0v) is 19.0. The molecule has 2 fully saturated rings. The highest BCUT2D eigenvalue weighted by atomic mass is 16.5. The molecule has 0 aliphatic heterocycles. The van der Waals surface area contributed by atoms with Crippen molar-refractivity contribution in [3.63, 3.8) is 0 Å². The first-order valence-corrected chi connectivity index (χ1v) is 11.8. The van der Waals surface area contributed by atoms with Gasteiger partial charge in [-0.3, -0.25) is 4.79 Å². The molecular weight excluding hydrogens is 398 g/mol. The molecule has 5 heteroatoms. The van der Waals surface area contributed by atoms with Crippen LogP contribution in [-0.4, -0.2) is 26.6 Å². The number of ether oxygens (including phenoxy) is 1. The maximum Gasteiger partial charge on any atom is 0.227 e. The number of para-hydroxylation sites is 1. The van der Waals surface area contributed by atoms with E-state index in [2.05, 4.69) is 17.9 Å². The summed E-state index contributed by atoms with van der Waals surface area (Å²) in [5, 5.41) is 4.84. The first-order valence-electron chi connectivity index (χ1n) is 11.8. The van der Waals surface area contributed by atoms with Crippen molar-refractivity contribution in [1.29, 1.82) is 0 Å². The third-order valence-electron chi connectivity index (χ3n) is 6.65. The van der Waals surface area contributed by atoms with Gasteiger partial charge < -0.3 is 9.64 Å². The van der Waals surface area contributed by atoms with Crippen molar-refractivity contribution in [3.8, 4) is 17.3 Å². The van der Waals surface area contributed by atoms with Crippen molar-refractivity contribution >= 4 is 5.91 Å². The van der Waals surface area contributed by atoms with Crippen LogP contribution in [0.3, 0.4) is 0 Å². The van der Waals surface area contributed by atoms with Crippen LogP contribution in [0.5, 0.6) is 11.6 Å². The minimum atomic E-state index is 0.182. The number of carbonyl (C=O) groups is 1. The molecule has 5 nitrogen and oxygen atoms in total. The Morgan fingerprint density at radius 3 is 2.47 bits per heavy atom. The zero-order chi connectivity index (χ0) is 22.1. The Hall–Kier alpha value is -3.08. The molecule has 0 radical (unpaired) electrons. The third-order valence-corrected chi connectivity index (χ3v) is 6.65. The number of benzene rings is 2. The van der Waals surface area contributed by atoms with E-state index in [9.17, 15) is 4.79 Å². The van der Waals surface area contributed by atoms with Crippen LogP contribution in [0.1, 0.15) is 55.3 Å². The molecule has 0 spiro atoms. The van der Waals surface area contributed by atoms with Crippen LogP contribution in [-0.2, 0) is 11.3 Å². The average Bonchev–Trinajstić information content (AvgIpc) is 3.39. The minimum Gasteiger partial charge on any atom is -0.439 e. The number of aryl methyl sites for hydroxylation is 2. The van der Waals surface area contributed by atoms with Crippen molar-refractivity contribution in [2.45, 2.75) is 65.0 Å². The molecule has 1 amide bonds. The molecule has 1 heterocycles. The maximum atomic E-state index is 13.4. The molecule has 2 aromatic carbocycles. The lowest BCUT2D eigenvalue weighted by atomic mass is 10.1. The number of nitrogens with zero attached hydrogens (tertiary/aromatic N) is 3. The van der Waals surface area contributed by atoms with Crippen LogP contribution in [0.4, 0.5) is 0 Å². The molecular formula is C27H31N3O2. The smallest absolute Gasteiger partial charge is 0.227 e. The van der Waals surface area contributed by atoms with E-state index in [0.717, 1.165) is 53.9 Å². The SMILES string of the molecule is Cc1cccc(Oc2c(CN(C(=O)C3CCCC3)C3CC3)c(C)nn2-c2ccccc2)c1. The van der Waals surface area contributed by atoms with E-state index in [1.54, 1.807) is 0 Å². The average molecular weight is 430 g/mol. The number of aromatic nitrogens is 2. The van der Waals surface area contributed by atoms with Gasteiger partial charge in [0, 0.05) is 12.0 Å². The Morgan fingerprint density at radius 1 is 1.03 bits per heavy atom. The second-order valence-corrected chi connectivity index (χ2v) is 9.21. The highest BCUT2D eigenvalue weighted by Gasteiger charge is 2.38. The van der Waals surface area contributed by atoms with Gasteiger partial charge in [0.05, 0.1) is 23.5 Å². The fourth-order valence-corrected chi connectivity index (χ4v) is 4.71. The summed E-state index contributed by atoms with van der Waals surface area (Å²) in [6, 6.07) is 18.5. The summed E-state index contributed by atoms with van der Waals surface area (Å²) < 4.78 is 8.34. The number of hydrogen-bond donors (Lipinski definition) is 0. The van der Waals surface area contributed by atoms with E-state index >= 15 is 0 Å². The summed E-state index contributed by atoms with van der Waals surface area (Å²) in [5.74, 6) is 1.98. The van der Waals surface area contributed by atoms with Gasteiger partial charge in [0.25, 0.3) is 0 Å². The molecule has 0 unspecified atom stereocenters. The van der Waals surface area contributed by atoms with Gasteiger partial charge in [-0.1, -0.05) is 43.2 Å². The fraction of sp³-hybridized carbons (Fsp3) is 0.407. The highest BCUT2D eigenvalue weighted by molar-refractivity contribution is 5.80. The molecule has 0 bridgehead atoms. The summed E-state index contributed by atoms with van der Waals surface area (Å²) in [6.45, 7) is 4.63. The molecule has 2 aliphatic carbocycles. The molecule has 166 valence electrons. The predicted octanol–water partition coefficient (Wildman–Crippen LogP) is 5.96. The van der Waals surface area contributed by atoms with Crippen molar-refractivity contribution in [3.05, 3.63) is 71.4 Å². The second-order valence-electron chi connectivity index (χ2n) is 9.21. The van der Waals surface area contributed by atoms with Gasteiger partial charge in [0.2, 0.25) is 11.8 Å². The first kappa shape index (κ1) is 20.8. The Bertz CT molecular complexity index is 1100. The van der Waals surface area contributed by atoms with Gasteiger partial charge in [0.1, 0.15) is 5.75 Å². The lowest BCUT2D eigenvalue weighted by Gasteiger charge is -2.26. The monoisotopic (exact) mass is 429 g/mol. The highest BCUT2D eigenvalue weighted by Crippen LogP contribution is 2.37. The number of rotatable bonds is 7. The molecule has 2 saturated carbocycles. The van der Waals surface area contributed by atoms with E-state index in [0.29, 0.717) is 24.4 Å². The molecule has 1 aromatic heterocycles. The van der Waals surface area contributed by atoms with E-state index in [1.807, 2.05) is 60.1 Å². The molecule has 32 heavy (non-hydrogen) atoms. The molecule has 2 aliphatic rings. The summed E-state index contributed by atoms with van der Waals surface area (Å²) in [6.07, 6.45) is 6.58. The van der Waals surface area contributed by atoms with E-state index < -0.39 is 0 Å². The van der Waals surface area contributed by atoms with Crippen LogP contribution in [0, 0.1) is 19.8 Å². The van der Waals surface area contributed by atoms with Gasteiger partial charge in [-0.15, -0.1) is 0 Å². The Kier molecular flexibility index (Phi) is 5.73. The van der Waals surface area contributed by atoms with E-state index in [1.165, 1.54) is 12.8 Å². The van der Waals surface area contributed by atoms with Gasteiger partial charge >= 0.3 is 0 Å². The van der Waals surface area contributed by atoms with Crippen LogP contribution in [0.25, 0.3) is 5.69 Å². The lowest BCUT2D eigenvalue weighted by molar-refractivity contribution is -0.136.